The molecule has 0 saturated heterocycles. The van der Waals surface area contributed by atoms with Crippen molar-refractivity contribution < 1.29 is 19.1 Å². The Labute approximate surface area is 95.3 Å². The van der Waals surface area contributed by atoms with Gasteiger partial charge in [-0.25, -0.2) is 0 Å². The summed E-state index contributed by atoms with van der Waals surface area (Å²) in [5.74, 6) is -1.98. The van der Waals surface area contributed by atoms with Crippen molar-refractivity contribution in [2.75, 3.05) is 7.11 Å². The summed E-state index contributed by atoms with van der Waals surface area (Å²) in [5.41, 5.74) is 0. The second kappa shape index (κ2) is 5.23. The Balaban J connectivity index is 2.95. The van der Waals surface area contributed by atoms with Gasteiger partial charge >= 0.3 is 5.97 Å². The van der Waals surface area contributed by atoms with Crippen LogP contribution >= 0.6 is 0 Å². The molecule has 4 heteroatoms. The van der Waals surface area contributed by atoms with Crippen LogP contribution in [-0.4, -0.2) is 24.6 Å². The number of hydrogen-bond donors (Lipinski definition) is 0. The highest BCUT2D eigenvalue weighted by Crippen LogP contribution is 2.34. The van der Waals surface area contributed by atoms with Gasteiger partial charge in [0, 0.05) is 5.92 Å². The molecule has 0 bridgehead atoms. The van der Waals surface area contributed by atoms with E-state index >= 15 is 0 Å². The molecule has 3 unspecified atom stereocenters. The molecule has 3 atom stereocenters. The van der Waals surface area contributed by atoms with Crippen molar-refractivity contribution in [2.24, 2.45) is 17.8 Å². The Hall–Kier alpha value is -1.19. The fourth-order valence-electron chi connectivity index (χ4n) is 2.39. The van der Waals surface area contributed by atoms with Crippen molar-refractivity contribution in [3.63, 3.8) is 0 Å². The molecule has 0 aromatic rings. The van der Waals surface area contributed by atoms with Gasteiger partial charge in [0.05, 0.1) is 13.5 Å². The maximum Gasteiger partial charge on any atom is 0.316 e. The van der Waals surface area contributed by atoms with E-state index in [2.05, 4.69) is 4.74 Å². The standard InChI is InChI=1S/C12H18O4/c1-4-5-8-7(2)9(13)6-10(14)11(8)12(15)16-3/h7-8,11H,4-6H2,1-3H3. The summed E-state index contributed by atoms with van der Waals surface area (Å²) in [6, 6.07) is 0. The summed E-state index contributed by atoms with van der Waals surface area (Å²) >= 11 is 0. The number of ether oxygens (including phenoxy) is 1. The predicted molar refractivity (Wildman–Crippen MR) is 57.7 cm³/mol. The summed E-state index contributed by atoms with van der Waals surface area (Å²) < 4.78 is 4.65. The second-order valence-corrected chi connectivity index (χ2v) is 4.35. The first kappa shape index (κ1) is 12.9. The molecule has 0 aromatic carbocycles. The number of hydrogen-bond acceptors (Lipinski definition) is 4. The lowest BCUT2D eigenvalue weighted by atomic mass is 9.69. The van der Waals surface area contributed by atoms with Crippen molar-refractivity contribution >= 4 is 17.5 Å². The quantitative estimate of drug-likeness (QED) is 0.538. The molecule has 1 aliphatic rings. The molecule has 0 aromatic heterocycles. The van der Waals surface area contributed by atoms with E-state index in [4.69, 9.17) is 0 Å². The number of Topliss-reactive ketones (excluding diaryl/α,β-unsaturated/α-hetero) is 2. The van der Waals surface area contributed by atoms with Gasteiger partial charge in [-0.2, -0.15) is 0 Å². The van der Waals surface area contributed by atoms with Gasteiger partial charge in [-0.05, 0) is 12.3 Å². The van der Waals surface area contributed by atoms with Gasteiger partial charge in [0.25, 0.3) is 0 Å². The zero-order chi connectivity index (χ0) is 12.3. The first-order chi connectivity index (χ1) is 7.52. The highest BCUT2D eigenvalue weighted by atomic mass is 16.5. The molecular formula is C12H18O4. The minimum absolute atomic E-state index is 0.0522. The Morgan fingerprint density at radius 2 is 2.00 bits per heavy atom. The number of ketones is 2. The van der Waals surface area contributed by atoms with E-state index in [9.17, 15) is 14.4 Å². The Bertz CT molecular complexity index is 308. The van der Waals surface area contributed by atoms with E-state index in [1.807, 2.05) is 6.92 Å². The molecule has 90 valence electrons. The summed E-state index contributed by atoms with van der Waals surface area (Å²) in [7, 11) is 1.28. The van der Waals surface area contributed by atoms with Crippen LogP contribution in [-0.2, 0) is 19.1 Å². The molecule has 1 saturated carbocycles. The molecule has 0 aliphatic heterocycles. The van der Waals surface area contributed by atoms with Crippen LogP contribution in [0.2, 0.25) is 0 Å². The molecule has 0 radical (unpaired) electrons. The summed E-state index contributed by atoms with van der Waals surface area (Å²) in [6.07, 6.45) is 1.43. The summed E-state index contributed by atoms with van der Waals surface area (Å²) in [4.78, 5) is 34.8. The van der Waals surface area contributed by atoms with Crippen molar-refractivity contribution in [1.29, 1.82) is 0 Å². The fraction of sp³-hybridized carbons (Fsp3) is 0.750. The highest BCUT2D eigenvalue weighted by molar-refractivity contribution is 6.11. The maximum atomic E-state index is 11.7. The third-order valence-electron chi connectivity index (χ3n) is 3.35. The van der Waals surface area contributed by atoms with Gasteiger partial charge < -0.3 is 4.74 Å². The molecule has 16 heavy (non-hydrogen) atoms. The van der Waals surface area contributed by atoms with Crippen LogP contribution in [0.25, 0.3) is 0 Å². The lowest BCUT2D eigenvalue weighted by molar-refractivity contribution is -0.156. The van der Waals surface area contributed by atoms with E-state index in [1.165, 1.54) is 7.11 Å². The number of carbonyl (C=O) groups excluding carboxylic acids is 3. The Morgan fingerprint density at radius 3 is 2.50 bits per heavy atom. The normalized spacial score (nSPS) is 30.3. The zero-order valence-corrected chi connectivity index (χ0v) is 9.99. The van der Waals surface area contributed by atoms with E-state index in [1.54, 1.807) is 6.92 Å². The van der Waals surface area contributed by atoms with Gasteiger partial charge in [-0.15, -0.1) is 0 Å². The van der Waals surface area contributed by atoms with Crippen molar-refractivity contribution in [2.45, 2.75) is 33.1 Å². The van der Waals surface area contributed by atoms with Crippen LogP contribution in [0.15, 0.2) is 0 Å². The topological polar surface area (TPSA) is 60.4 Å². The number of rotatable bonds is 3. The lowest BCUT2D eigenvalue weighted by Gasteiger charge is -2.32. The molecule has 0 amide bonds. The average molecular weight is 226 g/mol. The van der Waals surface area contributed by atoms with Gasteiger partial charge in [0.2, 0.25) is 0 Å². The largest absolute Gasteiger partial charge is 0.468 e. The minimum atomic E-state index is -0.738. The zero-order valence-electron chi connectivity index (χ0n) is 9.99. The van der Waals surface area contributed by atoms with Gasteiger partial charge in [0.15, 0.2) is 5.78 Å². The van der Waals surface area contributed by atoms with Crippen LogP contribution < -0.4 is 0 Å². The third kappa shape index (κ3) is 2.31. The summed E-state index contributed by atoms with van der Waals surface area (Å²) in [6.45, 7) is 3.77. The van der Waals surface area contributed by atoms with Gasteiger partial charge in [-0.3, -0.25) is 14.4 Å². The summed E-state index contributed by atoms with van der Waals surface area (Å²) in [5, 5.41) is 0. The van der Waals surface area contributed by atoms with Crippen LogP contribution in [0, 0.1) is 17.8 Å². The van der Waals surface area contributed by atoms with Crippen LogP contribution in [0.1, 0.15) is 33.1 Å². The molecular weight excluding hydrogens is 208 g/mol. The highest BCUT2D eigenvalue weighted by Gasteiger charge is 2.44. The Kier molecular flexibility index (Phi) is 4.21. The third-order valence-corrected chi connectivity index (χ3v) is 3.35. The fourth-order valence-corrected chi connectivity index (χ4v) is 2.39. The van der Waals surface area contributed by atoms with E-state index < -0.39 is 11.9 Å². The van der Waals surface area contributed by atoms with Gasteiger partial charge in [-0.1, -0.05) is 20.3 Å². The van der Waals surface area contributed by atoms with Crippen molar-refractivity contribution in [3.05, 3.63) is 0 Å². The van der Waals surface area contributed by atoms with Crippen LogP contribution in [0.5, 0.6) is 0 Å². The first-order valence-corrected chi connectivity index (χ1v) is 5.66. The van der Waals surface area contributed by atoms with E-state index in [-0.39, 0.29) is 29.8 Å². The lowest BCUT2D eigenvalue weighted by Crippen LogP contribution is -2.44. The predicted octanol–water partition coefficient (Wildman–Crippen LogP) is 1.37. The van der Waals surface area contributed by atoms with Crippen molar-refractivity contribution in [1.82, 2.24) is 0 Å². The molecule has 1 fully saturated rings. The van der Waals surface area contributed by atoms with E-state index in [0.29, 0.717) is 6.42 Å². The number of carbonyl (C=O) groups is 3. The van der Waals surface area contributed by atoms with E-state index in [0.717, 1.165) is 6.42 Å². The molecule has 1 rings (SSSR count). The molecule has 0 spiro atoms. The van der Waals surface area contributed by atoms with Gasteiger partial charge in [0.1, 0.15) is 11.7 Å². The monoisotopic (exact) mass is 226 g/mol. The van der Waals surface area contributed by atoms with Crippen LogP contribution in [0.4, 0.5) is 0 Å². The number of esters is 1. The van der Waals surface area contributed by atoms with Crippen molar-refractivity contribution in [3.8, 4) is 0 Å². The minimum Gasteiger partial charge on any atom is -0.468 e. The molecule has 1 aliphatic carbocycles. The SMILES string of the molecule is CCCC1C(C)C(=O)CC(=O)C1C(=O)OC. The second-order valence-electron chi connectivity index (χ2n) is 4.35. The Morgan fingerprint density at radius 1 is 1.38 bits per heavy atom. The first-order valence-electron chi connectivity index (χ1n) is 5.66. The molecule has 4 nitrogen and oxygen atoms in total. The smallest absolute Gasteiger partial charge is 0.316 e. The van der Waals surface area contributed by atoms with Crippen LogP contribution in [0.3, 0.4) is 0 Å². The molecule has 0 heterocycles. The number of methoxy groups -OCH3 is 1. The molecule has 0 N–H and O–H groups in total. The maximum absolute atomic E-state index is 11.7. The average Bonchev–Trinajstić information content (AvgIpc) is 2.25.